The van der Waals surface area contributed by atoms with E-state index in [2.05, 4.69) is 26.9 Å². The monoisotopic (exact) mass is 572 g/mol. The predicted molar refractivity (Wildman–Crippen MR) is 152 cm³/mol. The number of carbonyl (C=O) groups is 2. The molecule has 0 radical (unpaired) electrons. The fourth-order valence-electron chi connectivity index (χ4n) is 4.41. The van der Waals surface area contributed by atoms with Crippen LogP contribution < -0.4 is 10.2 Å². The zero-order valence-corrected chi connectivity index (χ0v) is 23.2. The molecule has 4 aromatic rings. The second kappa shape index (κ2) is 10.5. The van der Waals surface area contributed by atoms with Crippen molar-refractivity contribution in [1.82, 2.24) is 9.47 Å². The second-order valence-electron chi connectivity index (χ2n) is 9.03. The SMILES string of the molecule is CN(C)Cc1ccc2n1Cc1sccc1N(C(=O)c1ccc(NC(=O)c3ccc(Cl)cc3Cl)cc1Cl)C2. The molecule has 190 valence electrons. The van der Waals surface area contributed by atoms with E-state index in [-0.39, 0.29) is 21.5 Å². The molecule has 1 aliphatic heterocycles. The number of hydrogen-bond donors (Lipinski definition) is 1. The molecule has 0 saturated carbocycles. The molecular formula is C27H23Cl3N4O2S. The minimum Gasteiger partial charge on any atom is -0.340 e. The lowest BCUT2D eigenvalue weighted by Gasteiger charge is -2.22. The van der Waals surface area contributed by atoms with Crippen LogP contribution in [0.1, 0.15) is 37.0 Å². The van der Waals surface area contributed by atoms with Crippen molar-refractivity contribution in [2.24, 2.45) is 0 Å². The van der Waals surface area contributed by atoms with E-state index < -0.39 is 5.91 Å². The van der Waals surface area contributed by atoms with Crippen LogP contribution in [0.2, 0.25) is 15.1 Å². The average Bonchev–Trinajstić information content (AvgIpc) is 3.40. The Morgan fingerprint density at radius 2 is 1.70 bits per heavy atom. The summed E-state index contributed by atoms with van der Waals surface area (Å²) >= 11 is 20.3. The smallest absolute Gasteiger partial charge is 0.260 e. The van der Waals surface area contributed by atoms with Crippen molar-refractivity contribution in [3.8, 4) is 0 Å². The summed E-state index contributed by atoms with van der Waals surface area (Å²) in [4.78, 5) is 31.5. The summed E-state index contributed by atoms with van der Waals surface area (Å²) in [5.41, 5.74) is 4.25. The van der Waals surface area contributed by atoms with Crippen LogP contribution in [-0.4, -0.2) is 35.4 Å². The molecular weight excluding hydrogens is 551 g/mol. The Hall–Kier alpha value is -2.81. The highest BCUT2D eigenvalue weighted by Gasteiger charge is 2.28. The number of nitrogens with one attached hydrogen (secondary N) is 1. The van der Waals surface area contributed by atoms with Gasteiger partial charge in [-0.2, -0.15) is 0 Å². The lowest BCUT2D eigenvalue weighted by atomic mass is 10.1. The Morgan fingerprint density at radius 1 is 0.946 bits per heavy atom. The molecule has 5 rings (SSSR count). The van der Waals surface area contributed by atoms with Crippen LogP contribution >= 0.6 is 46.1 Å². The Balaban J connectivity index is 1.41. The highest BCUT2D eigenvalue weighted by Crippen LogP contribution is 2.35. The molecule has 0 fully saturated rings. The van der Waals surface area contributed by atoms with Crippen molar-refractivity contribution in [2.75, 3.05) is 24.3 Å². The third kappa shape index (κ3) is 5.28. The number of carbonyl (C=O) groups excluding carboxylic acids is 2. The molecule has 0 bridgehead atoms. The maximum absolute atomic E-state index is 13.8. The standard InChI is InChI=1S/C27H23Cl3N4O2S/c1-32(2)13-18-5-6-19-14-34(24-9-10-37-25(24)15-33(18)19)27(36)21-8-4-17(12-23(21)30)31-26(35)20-7-3-16(28)11-22(20)29/h3-12H,13-15H2,1-2H3,(H,31,35). The maximum atomic E-state index is 13.8. The van der Waals surface area contributed by atoms with Gasteiger partial charge in [-0.15, -0.1) is 11.3 Å². The second-order valence-corrected chi connectivity index (χ2v) is 11.3. The van der Waals surface area contributed by atoms with Gasteiger partial charge in [0.05, 0.1) is 39.9 Å². The zero-order chi connectivity index (χ0) is 26.3. The first kappa shape index (κ1) is 25.8. The largest absolute Gasteiger partial charge is 0.340 e. The van der Waals surface area contributed by atoms with Crippen molar-refractivity contribution in [1.29, 1.82) is 0 Å². The number of amides is 2. The van der Waals surface area contributed by atoms with E-state index in [9.17, 15) is 9.59 Å². The zero-order valence-electron chi connectivity index (χ0n) is 20.1. The molecule has 6 nitrogen and oxygen atoms in total. The summed E-state index contributed by atoms with van der Waals surface area (Å²) in [6.45, 7) is 1.96. The van der Waals surface area contributed by atoms with Gasteiger partial charge in [-0.25, -0.2) is 0 Å². The first-order chi connectivity index (χ1) is 17.7. The van der Waals surface area contributed by atoms with Gasteiger partial charge in [0, 0.05) is 33.5 Å². The molecule has 2 aromatic heterocycles. The number of aromatic nitrogens is 1. The first-order valence-corrected chi connectivity index (χ1v) is 13.5. The van der Waals surface area contributed by atoms with Crippen LogP contribution in [0.25, 0.3) is 0 Å². The lowest BCUT2D eigenvalue weighted by Crippen LogP contribution is -2.30. The number of rotatable bonds is 5. The summed E-state index contributed by atoms with van der Waals surface area (Å²) in [7, 11) is 4.09. The highest BCUT2D eigenvalue weighted by molar-refractivity contribution is 7.10. The van der Waals surface area contributed by atoms with E-state index in [4.69, 9.17) is 34.8 Å². The molecule has 10 heteroatoms. The fourth-order valence-corrected chi connectivity index (χ4v) is 6.03. The molecule has 0 saturated heterocycles. The van der Waals surface area contributed by atoms with E-state index in [0.717, 1.165) is 22.8 Å². The van der Waals surface area contributed by atoms with E-state index in [0.29, 0.717) is 29.4 Å². The predicted octanol–water partition coefficient (Wildman–Crippen LogP) is 7.03. The molecule has 3 heterocycles. The van der Waals surface area contributed by atoms with Crippen LogP contribution in [0.4, 0.5) is 11.4 Å². The van der Waals surface area contributed by atoms with E-state index in [1.807, 2.05) is 25.5 Å². The van der Waals surface area contributed by atoms with Gasteiger partial charge >= 0.3 is 0 Å². The first-order valence-electron chi connectivity index (χ1n) is 11.5. The number of anilines is 2. The number of hydrogen-bond acceptors (Lipinski definition) is 4. The minimum atomic E-state index is -0.401. The Kier molecular flexibility index (Phi) is 7.34. The van der Waals surface area contributed by atoms with Gasteiger partial charge in [-0.3, -0.25) is 9.59 Å². The Morgan fingerprint density at radius 3 is 2.43 bits per heavy atom. The van der Waals surface area contributed by atoms with Crippen molar-refractivity contribution < 1.29 is 9.59 Å². The van der Waals surface area contributed by atoms with Crippen molar-refractivity contribution >= 4 is 69.3 Å². The molecule has 1 N–H and O–H groups in total. The van der Waals surface area contributed by atoms with Gasteiger partial charge in [-0.05, 0) is 74.1 Å². The summed E-state index contributed by atoms with van der Waals surface area (Å²) in [6.07, 6.45) is 0. The summed E-state index contributed by atoms with van der Waals surface area (Å²) in [5.74, 6) is -0.603. The fraction of sp³-hybridized carbons (Fsp3) is 0.185. The van der Waals surface area contributed by atoms with Crippen molar-refractivity contribution in [2.45, 2.75) is 19.6 Å². The number of fused-ring (bicyclic) bond motifs is 2. The molecule has 1 aliphatic rings. The quantitative estimate of drug-likeness (QED) is 0.279. The van der Waals surface area contributed by atoms with Gasteiger partial charge in [0.15, 0.2) is 0 Å². The van der Waals surface area contributed by atoms with Crippen LogP contribution in [0.3, 0.4) is 0 Å². The molecule has 0 spiro atoms. The summed E-state index contributed by atoms with van der Waals surface area (Å²) in [6, 6.07) is 15.7. The maximum Gasteiger partial charge on any atom is 0.260 e. The van der Waals surface area contributed by atoms with Crippen molar-refractivity contribution in [3.05, 3.63) is 102 Å². The molecule has 0 atom stereocenters. The van der Waals surface area contributed by atoms with Crippen LogP contribution in [0.15, 0.2) is 60.0 Å². The minimum absolute atomic E-state index is 0.202. The molecule has 0 unspecified atom stereocenters. The third-order valence-corrected chi connectivity index (χ3v) is 7.91. The van der Waals surface area contributed by atoms with Crippen LogP contribution in [0, 0.1) is 0 Å². The molecule has 0 aliphatic carbocycles. The lowest BCUT2D eigenvalue weighted by molar-refractivity contribution is 0.0984. The molecule has 2 amide bonds. The normalized spacial score (nSPS) is 12.8. The Bertz CT molecular complexity index is 1510. The van der Waals surface area contributed by atoms with E-state index in [1.54, 1.807) is 46.6 Å². The average molecular weight is 574 g/mol. The topological polar surface area (TPSA) is 57.6 Å². The van der Waals surface area contributed by atoms with E-state index >= 15 is 0 Å². The number of benzene rings is 2. The van der Waals surface area contributed by atoms with Gasteiger partial charge in [0.2, 0.25) is 0 Å². The number of thiophene rings is 1. The summed E-state index contributed by atoms with van der Waals surface area (Å²) < 4.78 is 2.28. The van der Waals surface area contributed by atoms with Gasteiger partial charge in [-0.1, -0.05) is 34.8 Å². The van der Waals surface area contributed by atoms with Crippen LogP contribution in [-0.2, 0) is 19.6 Å². The molecule has 37 heavy (non-hydrogen) atoms. The summed E-state index contributed by atoms with van der Waals surface area (Å²) in [5, 5.41) is 5.71. The third-order valence-electron chi connectivity index (χ3n) is 6.15. The van der Waals surface area contributed by atoms with Gasteiger partial charge < -0.3 is 19.7 Å². The van der Waals surface area contributed by atoms with Gasteiger partial charge in [0.1, 0.15) is 0 Å². The number of halogens is 3. The van der Waals surface area contributed by atoms with Crippen molar-refractivity contribution in [3.63, 3.8) is 0 Å². The van der Waals surface area contributed by atoms with Gasteiger partial charge in [0.25, 0.3) is 11.8 Å². The number of nitrogens with zero attached hydrogens (tertiary/aromatic N) is 3. The highest BCUT2D eigenvalue weighted by atomic mass is 35.5. The van der Waals surface area contributed by atoms with E-state index in [1.165, 1.54) is 11.8 Å². The van der Waals surface area contributed by atoms with Crippen LogP contribution in [0.5, 0.6) is 0 Å². The Labute approximate surface area is 234 Å². The molecule has 2 aromatic carbocycles.